The summed E-state index contributed by atoms with van der Waals surface area (Å²) in [5.74, 6) is -0.363. The smallest absolute Gasteiger partial charge is 0.328 e. The lowest BCUT2D eigenvalue weighted by atomic mass is 9.90. The molecule has 0 aromatic heterocycles. The normalized spacial score (nSPS) is 22.9. The first-order valence-electron chi connectivity index (χ1n) is 5.95. The summed E-state index contributed by atoms with van der Waals surface area (Å²) < 4.78 is 5.12. The second kappa shape index (κ2) is 5.32. The van der Waals surface area contributed by atoms with Crippen LogP contribution >= 0.6 is 0 Å². The Hall–Kier alpha value is -1.06. The number of amides is 1. The van der Waals surface area contributed by atoms with Gasteiger partial charge in [0.05, 0.1) is 6.61 Å². The maximum atomic E-state index is 11.6. The molecule has 0 aromatic rings. The molecule has 16 heavy (non-hydrogen) atoms. The first-order chi connectivity index (χ1) is 7.47. The van der Waals surface area contributed by atoms with Gasteiger partial charge in [0.15, 0.2) is 0 Å². The van der Waals surface area contributed by atoms with Crippen molar-refractivity contribution in [3.8, 4) is 0 Å². The van der Waals surface area contributed by atoms with Crippen LogP contribution < -0.4 is 5.32 Å². The van der Waals surface area contributed by atoms with E-state index in [4.69, 9.17) is 4.74 Å². The van der Waals surface area contributed by atoms with Gasteiger partial charge in [-0.15, -0.1) is 0 Å². The fraction of sp³-hybridized carbons (Fsp3) is 0.833. The Labute approximate surface area is 96.7 Å². The molecule has 0 aromatic carbocycles. The molecule has 1 fully saturated rings. The van der Waals surface area contributed by atoms with Gasteiger partial charge in [-0.05, 0) is 12.8 Å². The maximum Gasteiger partial charge on any atom is 0.328 e. The molecule has 1 saturated heterocycles. The quantitative estimate of drug-likeness (QED) is 0.573. The van der Waals surface area contributed by atoms with E-state index in [9.17, 15) is 9.59 Å². The summed E-state index contributed by atoms with van der Waals surface area (Å²) in [6, 6.07) is -0.455. The summed E-state index contributed by atoms with van der Waals surface area (Å²) >= 11 is 0. The van der Waals surface area contributed by atoms with Gasteiger partial charge in [0.25, 0.3) is 0 Å². The lowest BCUT2D eigenvalue weighted by Gasteiger charge is -2.12. The highest BCUT2D eigenvalue weighted by atomic mass is 16.5. The maximum absolute atomic E-state index is 11.6. The summed E-state index contributed by atoms with van der Waals surface area (Å²) in [5, 5.41) is 2.67. The van der Waals surface area contributed by atoms with Gasteiger partial charge in [-0.1, -0.05) is 33.6 Å². The molecule has 1 amide bonds. The van der Waals surface area contributed by atoms with Crippen LogP contribution in [0.3, 0.4) is 0 Å². The van der Waals surface area contributed by atoms with Gasteiger partial charge in [-0.2, -0.15) is 0 Å². The molecule has 1 rings (SSSR count). The minimum absolute atomic E-state index is 0.0667. The number of hydrogen-bond acceptors (Lipinski definition) is 3. The lowest BCUT2D eigenvalue weighted by molar-refractivity contribution is -0.146. The predicted octanol–water partition coefficient (Wildman–Crippen LogP) is 1.63. The molecule has 4 nitrogen and oxygen atoms in total. The third kappa shape index (κ3) is 3.22. The Morgan fingerprint density at radius 1 is 1.50 bits per heavy atom. The van der Waals surface area contributed by atoms with Crippen LogP contribution in [0.25, 0.3) is 0 Å². The van der Waals surface area contributed by atoms with E-state index in [2.05, 4.69) is 12.2 Å². The molecule has 0 aliphatic carbocycles. The molecule has 1 atom stereocenters. The number of carbonyl (C=O) groups is 2. The number of rotatable bonds is 5. The van der Waals surface area contributed by atoms with Gasteiger partial charge in [-0.25, -0.2) is 4.79 Å². The zero-order valence-corrected chi connectivity index (χ0v) is 10.3. The number of unbranched alkanes of at least 4 members (excludes halogenated alkanes) is 2. The van der Waals surface area contributed by atoms with Gasteiger partial charge in [-0.3, -0.25) is 4.79 Å². The third-order valence-electron chi connectivity index (χ3n) is 2.91. The first kappa shape index (κ1) is 13.0. The van der Waals surface area contributed by atoms with E-state index in [1.807, 2.05) is 13.8 Å². The first-order valence-corrected chi connectivity index (χ1v) is 5.95. The second-order valence-electron chi connectivity index (χ2n) is 4.99. The highest BCUT2D eigenvalue weighted by Gasteiger charge is 2.42. The van der Waals surface area contributed by atoms with Crippen molar-refractivity contribution in [3.63, 3.8) is 0 Å². The van der Waals surface area contributed by atoms with Crippen LogP contribution in [-0.2, 0) is 14.3 Å². The number of ether oxygens (including phenoxy) is 1. The molecule has 1 aliphatic heterocycles. The number of carbonyl (C=O) groups excluding carboxylic acids is 2. The number of nitrogens with one attached hydrogen (secondary N) is 1. The zero-order valence-electron chi connectivity index (χ0n) is 10.3. The molecule has 0 saturated carbocycles. The largest absolute Gasteiger partial charge is 0.464 e. The van der Waals surface area contributed by atoms with E-state index in [1.165, 1.54) is 0 Å². The van der Waals surface area contributed by atoms with Crippen LogP contribution in [0, 0.1) is 5.41 Å². The van der Waals surface area contributed by atoms with Crippen molar-refractivity contribution in [1.29, 1.82) is 0 Å². The van der Waals surface area contributed by atoms with Crippen molar-refractivity contribution in [1.82, 2.24) is 5.32 Å². The van der Waals surface area contributed by atoms with E-state index in [0.29, 0.717) is 13.0 Å². The van der Waals surface area contributed by atoms with Crippen molar-refractivity contribution in [2.45, 2.75) is 52.5 Å². The van der Waals surface area contributed by atoms with Crippen molar-refractivity contribution < 1.29 is 14.3 Å². The predicted molar refractivity (Wildman–Crippen MR) is 60.8 cm³/mol. The topological polar surface area (TPSA) is 55.4 Å². The fourth-order valence-electron chi connectivity index (χ4n) is 1.78. The lowest BCUT2D eigenvalue weighted by Crippen LogP contribution is -2.35. The summed E-state index contributed by atoms with van der Waals surface area (Å²) in [4.78, 5) is 23.1. The Morgan fingerprint density at radius 2 is 2.19 bits per heavy atom. The van der Waals surface area contributed by atoms with Crippen molar-refractivity contribution >= 4 is 11.9 Å². The van der Waals surface area contributed by atoms with Gasteiger partial charge in [0.1, 0.15) is 6.04 Å². The van der Waals surface area contributed by atoms with Crippen LogP contribution in [0.2, 0.25) is 0 Å². The van der Waals surface area contributed by atoms with E-state index < -0.39 is 11.5 Å². The third-order valence-corrected chi connectivity index (χ3v) is 2.91. The van der Waals surface area contributed by atoms with E-state index >= 15 is 0 Å². The highest BCUT2D eigenvalue weighted by Crippen LogP contribution is 2.28. The monoisotopic (exact) mass is 227 g/mol. The van der Waals surface area contributed by atoms with Crippen molar-refractivity contribution in [2.75, 3.05) is 6.61 Å². The molecular formula is C12H21NO3. The Bertz CT molecular complexity index is 273. The Morgan fingerprint density at radius 3 is 2.69 bits per heavy atom. The van der Waals surface area contributed by atoms with Crippen molar-refractivity contribution in [3.05, 3.63) is 0 Å². The average molecular weight is 227 g/mol. The average Bonchev–Trinajstić information content (AvgIpc) is 2.48. The summed E-state index contributed by atoms with van der Waals surface area (Å²) in [5.41, 5.74) is -0.451. The van der Waals surface area contributed by atoms with Crippen LogP contribution in [0.1, 0.15) is 46.5 Å². The molecule has 92 valence electrons. The van der Waals surface area contributed by atoms with Gasteiger partial charge in [0, 0.05) is 5.41 Å². The van der Waals surface area contributed by atoms with Crippen molar-refractivity contribution in [2.24, 2.45) is 5.41 Å². The molecule has 1 heterocycles. The van der Waals surface area contributed by atoms with Gasteiger partial charge in [0.2, 0.25) is 5.91 Å². The zero-order chi connectivity index (χ0) is 12.2. The van der Waals surface area contributed by atoms with Crippen LogP contribution in [-0.4, -0.2) is 24.5 Å². The molecule has 0 unspecified atom stereocenters. The number of esters is 1. The van der Waals surface area contributed by atoms with Crippen LogP contribution in [0.4, 0.5) is 0 Å². The SMILES string of the molecule is CCCCCOC(=O)[C@@H]1CC(C)(C)C(=O)N1. The fourth-order valence-corrected chi connectivity index (χ4v) is 1.78. The molecule has 4 heteroatoms. The summed E-state index contributed by atoms with van der Waals surface area (Å²) in [6.45, 7) is 6.24. The van der Waals surface area contributed by atoms with E-state index in [-0.39, 0.29) is 11.9 Å². The summed E-state index contributed by atoms with van der Waals surface area (Å²) in [7, 11) is 0. The Kier molecular flexibility index (Phi) is 4.33. The highest BCUT2D eigenvalue weighted by molar-refractivity contribution is 5.91. The van der Waals surface area contributed by atoms with Gasteiger partial charge < -0.3 is 10.1 Å². The Balaban J connectivity index is 2.31. The standard InChI is InChI=1S/C12H21NO3/c1-4-5-6-7-16-10(14)9-8-12(2,3)11(15)13-9/h9H,4-8H2,1-3H3,(H,13,15)/t9-/m0/s1. The van der Waals surface area contributed by atoms with E-state index in [1.54, 1.807) is 0 Å². The minimum atomic E-state index is -0.455. The minimum Gasteiger partial charge on any atom is -0.464 e. The second-order valence-corrected chi connectivity index (χ2v) is 4.99. The van der Waals surface area contributed by atoms with E-state index in [0.717, 1.165) is 19.3 Å². The molecular weight excluding hydrogens is 206 g/mol. The van der Waals surface area contributed by atoms with Crippen LogP contribution in [0.15, 0.2) is 0 Å². The number of hydrogen-bond donors (Lipinski definition) is 1. The molecule has 1 N–H and O–H groups in total. The molecule has 0 radical (unpaired) electrons. The van der Waals surface area contributed by atoms with Gasteiger partial charge >= 0.3 is 5.97 Å². The van der Waals surface area contributed by atoms with Crippen LogP contribution in [0.5, 0.6) is 0 Å². The molecule has 0 spiro atoms. The molecule has 0 bridgehead atoms. The molecule has 1 aliphatic rings. The summed E-state index contributed by atoms with van der Waals surface area (Å²) in [6.07, 6.45) is 3.59.